The minimum Gasteiger partial charge on any atom is -0.481 e. The van der Waals surface area contributed by atoms with E-state index in [2.05, 4.69) is 47.0 Å². The van der Waals surface area contributed by atoms with Gasteiger partial charge in [0.05, 0.1) is 5.41 Å². The van der Waals surface area contributed by atoms with Crippen LogP contribution in [0.25, 0.3) is 0 Å². The molecule has 0 bridgehead atoms. The highest BCUT2D eigenvalue weighted by Gasteiger charge is 2.44. The number of rotatable bonds is 6. The molecule has 3 fully saturated rings. The molecule has 3 aliphatic rings. The molecule has 8 nitrogen and oxygen atoms in total. The van der Waals surface area contributed by atoms with Gasteiger partial charge in [0, 0.05) is 50.7 Å². The fourth-order valence-corrected chi connectivity index (χ4v) is 6.33. The molecule has 1 aromatic carbocycles. The fourth-order valence-electron chi connectivity index (χ4n) is 6.33. The van der Waals surface area contributed by atoms with Gasteiger partial charge < -0.3 is 15.3 Å². The third kappa shape index (κ3) is 4.59. The molecule has 2 saturated heterocycles. The van der Waals surface area contributed by atoms with Crippen molar-refractivity contribution in [3.63, 3.8) is 0 Å². The van der Waals surface area contributed by atoms with Crippen molar-refractivity contribution in [1.82, 2.24) is 19.6 Å². The van der Waals surface area contributed by atoms with E-state index in [1.54, 1.807) is 12.3 Å². The Morgan fingerprint density at radius 3 is 2.46 bits per heavy atom. The third-order valence-electron chi connectivity index (χ3n) is 7.92. The summed E-state index contributed by atoms with van der Waals surface area (Å²) >= 11 is 0. The van der Waals surface area contributed by atoms with Gasteiger partial charge in [-0.3, -0.25) is 9.69 Å². The lowest BCUT2D eigenvalue weighted by Gasteiger charge is -2.26. The standard InChI is InChI=1S/C27H35N5O3/c1-18(2)28-24-6-9-32(29-24)26(35)31-16-21-14-30(15-22(21)17-31)13-20-10-19(3)11-23(12-20)27(25(33)34)7-4-5-8-27/h6,9-12,21-22H,1,4-5,7-8,13-17H2,2-3H3,(H,28,29)(H,33,34). The molecule has 2 aromatic rings. The van der Waals surface area contributed by atoms with Gasteiger partial charge in [0.1, 0.15) is 0 Å². The van der Waals surface area contributed by atoms with Gasteiger partial charge in [-0.25, -0.2) is 4.79 Å². The Morgan fingerprint density at radius 2 is 1.83 bits per heavy atom. The summed E-state index contributed by atoms with van der Waals surface area (Å²) in [6, 6.07) is 8.08. The van der Waals surface area contributed by atoms with E-state index < -0.39 is 11.4 Å². The van der Waals surface area contributed by atoms with Gasteiger partial charge in [0.25, 0.3) is 0 Å². The van der Waals surface area contributed by atoms with Gasteiger partial charge in [-0.2, -0.15) is 4.68 Å². The molecule has 1 aromatic heterocycles. The van der Waals surface area contributed by atoms with Gasteiger partial charge in [0.15, 0.2) is 5.82 Å². The number of nitrogens with one attached hydrogen (secondary N) is 1. The van der Waals surface area contributed by atoms with E-state index in [-0.39, 0.29) is 6.03 Å². The summed E-state index contributed by atoms with van der Waals surface area (Å²) in [4.78, 5) is 29.5. The first-order valence-electron chi connectivity index (χ1n) is 12.6. The maximum Gasteiger partial charge on any atom is 0.344 e. The molecule has 35 heavy (non-hydrogen) atoms. The Hall–Kier alpha value is -3.13. The number of carbonyl (C=O) groups is 2. The molecule has 1 saturated carbocycles. The number of benzene rings is 1. The molecule has 0 radical (unpaired) electrons. The summed E-state index contributed by atoms with van der Waals surface area (Å²) in [6.07, 6.45) is 5.10. The monoisotopic (exact) mass is 477 g/mol. The van der Waals surface area contributed by atoms with Crippen LogP contribution in [-0.2, 0) is 16.8 Å². The maximum absolute atomic E-state index is 13.0. The van der Waals surface area contributed by atoms with Crippen molar-refractivity contribution in [2.24, 2.45) is 11.8 Å². The lowest BCUT2D eigenvalue weighted by molar-refractivity contribution is -0.143. The van der Waals surface area contributed by atoms with Crippen LogP contribution in [0, 0.1) is 18.8 Å². The predicted molar refractivity (Wildman–Crippen MR) is 134 cm³/mol. The molecule has 186 valence electrons. The average molecular weight is 478 g/mol. The van der Waals surface area contributed by atoms with E-state index in [4.69, 9.17) is 0 Å². The first kappa shape index (κ1) is 23.6. The van der Waals surface area contributed by atoms with Crippen LogP contribution >= 0.6 is 0 Å². The smallest absolute Gasteiger partial charge is 0.344 e. The number of aryl methyl sites for hydroxylation is 1. The number of carboxylic acids is 1. The molecular weight excluding hydrogens is 442 g/mol. The second-order valence-corrected chi connectivity index (χ2v) is 10.8. The quantitative estimate of drug-likeness (QED) is 0.652. The van der Waals surface area contributed by atoms with Crippen LogP contribution in [0.2, 0.25) is 0 Å². The third-order valence-corrected chi connectivity index (χ3v) is 7.92. The van der Waals surface area contributed by atoms with Crippen molar-refractivity contribution in [3.05, 3.63) is 59.4 Å². The Morgan fingerprint density at radius 1 is 1.14 bits per heavy atom. The van der Waals surface area contributed by atoms with Crippen LogP contribution in [0.1, 0.15) is 49.3 Å². The fraction of sp³-hybridized carbons (Fsp3) is 0.519. The molecule has 8 heteroatoms. The van der Waals surface area contributed by atoms with Crippen LogP contribution in [0.5, 0.6) is 0 Å². The number of aliphatic carboxylic acids is 1. The molecule has 2 aliphatic heterocycles. The Kier molecular flexibility index (Phi) is 6.17. The summed E-state index contributed by atoms with van der Waals surface area (Å²) in [5.74, 6) is 0.835. The second kappa shape index (κ2) is 9.15. The number of hydrogen-bond donors (Lipinski definition) is 2. The number of hydrogen-bond acceptors (Lipinski definition) is 5. The first-order valence-corrected chi connectivity index (χ1v) is 12.6. The SMILES string of the molecule is C=C(C)Nc1ccn(C(=O)N2CC3CN(Cc4cc(C)cc(C5(C(=O)O)CCCC5)c4)CC3C2)n1. The van der Waals surface area contributed by atoms with E-state index in [0.29, 0.717) is 17.7 Å². The van der Waals surface area contributed by atoms with Gasteiger partial charge in [0.2, 0.25) is 0 Å². The number of carboxylic acid groups (broad SMARTS) is 1. The van der Waals surface area contributed by atoms with E-state index in [1.807, 2.05) is 11.8 Å². The van der Waals surface area contributed by atoms with Gasteiger partial charge in [-0.05, 0) is 49.7 Å². The number of nitrogens with zero attached hydrogens (tertiary/aromatic N) is 4. The lowest BCUT2D eigenvalue weighted by Crippen LogP contribution is -2.36. The summed E-state index contributed by atoms with van der Waals surface area (Å²) in [5.41, 5.74) is 3.33. The van der Waals surface area contributed by atoms with Crippen molar-refractivity contribution in [2.75, 3.05) is 31.5 Å². The Bertz CT molecular complexity index is 1140. The summed E-state index contributed by atoms with van der Waals surface area (Å²) in [5, 5.41) is 17.4. The molecule has 0 spiro atoms. The largest absolute Gasteiger partial charge is 0.481 e. The first-order chi connectivity index (χ1) is 16.7. The van der Waals surface area contributed by atoms with E-state index >= 15 is 0 Å². The number of allylic oxidation sites excluding steroid dienone is 1. The summed E-state index contributed by atoms with van der Waals surface area (Å²) < 4.78 is 1.40. The molecule has 1 aliphatic carbocycles. The van der Waals surface area contributed by atoms with Gasteiger partial charge in [-0.1, -0.05) is 43.2 Å². The number of fused-ring (bicyclic) bond motifs is 1. The Labute approximate surface area is 206 Å². The van der Waals surface area contributed by atoms with Crippen molar-refractivity contribution in [2.45, 2.75) is 51.5 Å². The number of amides is 1. The number of likely N-dealkylation sites (tertiary alicyclic amines) is 2. The van der Waals surface area contributed by atoms with Gasteiger partial charge in [-0.15, -0.1) is 5.10 Å². The van der Waals surface area contributed by atoms with E-state index in [1.165, 1.54) is 10.2 Å². The molecule has 5 rings (SSSR count). The molecule has 3 heterocycles. The van der Waals surface area contributed by atoms with Gasteiger partial charge >= 0.3 is 12.0 Å². The minimum absolute atomic E-state index is 0.0837. The highest BCUT2D eigenvalue weighted by molar-refractivity contribution is 5.82. The van der Waals surface area contributed by atoms with Crippen molar-refractivity contribution < 1.29 is 14.7 Å². The zero-order chi connectivity index (χ0) is 24.7. The number of carbonyl (C=O) groups excluding carboxylic acids is 1. The molecule has 2 unspecified atom stereocenters. The maximum atomic E-state index is 13.0. The van der Waals surface area contributed by atoms with Crippen LogP contribution in [0.15, 0.2) is 42.7 Å². The Balaban J connectivity index is 1.22. The van der Waals surface area contributed by atoms with Crippen LogP contribution in [0.3, 0.4) is 0 Å². The molecule has 1 amide bonds. The normalized spacial score (nSPS) is 23.4. The molecule has 2 N–H and O–H groups in total. The van der Waals surface area contributed by atoms with Crippen LogP contribution in [0.4, 0.5) is 10.6 Å². The predicted octanol–water partition coefficient (Wildman–Crippen LogP) is 4.07. The summed E-state index contributed by atoms with van der Waals surface area (Å²) in [7, 11) is 0. The van der Waals surface area contributed by atoms with Crippen molar-refractivity contribution in [1.29, 1.82) is 0 Å². The topological polar surface area (TPSA) is 90.7 Å². The lowest BCUT2D eigenvalue weighted by atomic mass is 9.78. The van der Waals surface area contributed by atoms with Crippen molar-refractivity contribution >= 4 is 17.8 Å². The minimum atomic E-state index is -0.727. The van der Waals surface area contributed by atoms with Crippen molar-refractivity contribution in [3.8, 4) is 0 Å². The second-order valence-electron chi connectivity index (χ2n) is 10.8. The summed E-state index contributed by atoms with van der Waals surface area (Å²) in [6.45, 7) is 11.9. The van der Waals surface area contributed by atoms with Crippen LogP contribution < -0.4 is 5.32 Å². The highest BCUT2D eigenvalue weighted by atomic mass is 16.4. The number of anilines is 1. The molecular formula is C27H35N5O3. The zero-order valence-electron chi connectivity index (χ0n) is 20.7. The van der Waals surface area contributed by atoms with E-state index in [9.17, 15) is 14.7 Å². The van der Waals surface area contributed by atoms with Crippen LogP contribution in [-0.4, -0.2) is 62.9 Å². The average Bonchev–Trinajstić information content (AvgIpc) is 3.56. The number of aromatic nitrogens is 2. The highest BCUT2D eigenvalue weighted by Crippen LogP contribution is 2.42. The zero-order valence-corrected chi connectivity index (χ0v) is 20.7. The van der Waals surface area contributed by atoms with E-state index in [0.717, 1.165) is 75.2 Å². The molecule has 2 atom stereocenters.